The van der Waals surface area contributed by atoms with Crippen molar-refractivity contribution in [3.8, 4) is 0 Å². The highest BCUT2D eigenvalue weighted by molar-refractivity contribution is 5.76. The van der Waals surface area contributed by atoms with Crippen LogP contribution in [0.15, 0.2) is 10.6 Å². The molecule has 5 nitrogen and oxygen atoms in total. The highest BCUT2D eigenvalue weighted by atomic mass is 16.5. The van der Waals surface area contributed by atoms with Gasteiger partial charge in [-0.15, -0.1) is 0 Å². The Kier molecular flexibility index (Phi) is 5.13. The molecule has 2 aliphatic rings. The molecule has 0 aromatic carbocycles. The van der Waals surface area contributed by atoms with E-state index in [4.69, 9.17) is 4.52 Å². The molecular formula is C17H27N3O2. The van der Waals surface area contributed by atoms with Crippen LogP contribution in [0.3, 0.4) is 0 Å². The molecule has 3 heterocycles. The molecule has 0 bridgehead atoms. The lowest BCUT2D eigenvalue weighted by molar-refractivity contribution is -0.132. The van der Waals surface area contributed by atoms with Crippen LogP contribution in [0, 0.1) is 6.92 Å². The van der Waals surface area contributed by atoms with E-state index in [0.717, 1.165) is 43.8 Å². The summed E-state index contributed by atoms with van der Waals surface area (Å²) in [6.07, 6.45) is 7.66. The maximum Gasteiger partial charge on any atom is 0.223 e. The second kappa shape index (κ2) is 7.27. The van der Waals surface area contributed by atoms with E-state index < -0.39 is 0 Å². The van der Waals surface area contributed by atoms with Crippen LogP contribution in [0.4, 0.5) is 0 Å². The van der Waals surface area contributed by atoms with Gasteiger partial charge in [0.2, 0.25) is 5.91 Å². The van der Waals surface area contributed by atoms with Crippen LogP contribution in [-0.4, -0.2) is 47.0 Å². The maximum absolute atomic E-state index is 12.5. The molecule has 0 unspecified atom stereocenters. The summed E-state index contributed by atoms with van der Waals surface area (Å²) in [7, 11) is 0. The smallest absolute Gasteiger partial charge is 0.223 e. The van der Waals surface area contributed by atoms with Crippen molar-refractivity contribution in [2.75, 3.05) is 26.2 Å². The fourth-order valence-electron chi connectivity index (χ4n) is 3.68. The van der Waals surface area contributed by atoms with Gasteiger partial charge in [-0.25, -0.2) is 0 Å². The van der Waals surface area contributed by atoms with Crippen molar-refractivity contribution < 1.29 is 9.32 Å². The highest BCUT2D eigenvalue weighted by Crippen LogP contribution is 2.32. The third kappa shape index (κ3) is 3.69. The number of rotatable bonds is 5. The zero-order valence-corrected chi connectivity index (χ0v) is 13.6. The number of hydrogen-bond acceptors (Lipinski definition) is 4. The molecule has 0 radical (unpaired) electrons. The number of likely N-dealkylation sites (tertiary alicyclic amines) is 2. The number of aryl methyl sites for hydroxylation is 1. The fraction of sp³-hybridized carbons (Fsp3) is 0.765. The van der Waals surface area contributed by atoms with Crippen LogP contribution >= 0.6 is 0 Å². The van der Waals surface area contributed by atoms with E-state index in [1.165, 1.54) is 32.4 Å². The van der Waals surface area contributed by atoms with Crippen LogP contribution in [0.25, 0.3) is 0 Å². The number of carbonyl (C=O) groups is 1. The number of carbonyl (C=O) groups excluding carboxylic acids is 1. The van der Waals surface area contributed by atoms with Gasteiger partial charge in [0.25, 0.3) is 0 Å². The molecular weight excluding hydrogens is 278 g/mol. The number of nitrogens with zero attached hydrogens (tertiary/aromatic N) is 3. The number of aromatic nitrogens is 1. The Morgan fingerprint density at radius 3 is 2.82 bits per heavy atom. The monoisotopic (exact) mass is 305 g/mol. The number of amides is 1. The van der Waals surface area contributed by atoms with E-state index >= 15 is 0 Å². The SMILES string of the molecule is Cc1cc([C@H]2CCCN2C(=O)CCCN2CCCCC2)on1. The summed E-state index contributed by atoms with van der Waals surface area (Å²) in [6, 6.07) is 2.06. The molecule has 122 valence electrons. The summed E-state index contributed by atoms with van der Waals surface area (Å²) in [5.74, 6) is 1.12. The molecule has 1 amide bonds. The Hall–Kier alpha value is -1.36. The minimum absolute atomic E-state index is 0.101. The van der Waals surface area contributed by atoms with Crippen LogP contribution in [0.2, 0.25) is 0 Å². The van der Waals surface area contributed by atoms with Crippen LogP contribution < -0.4 is 0 Å². The van der Waals surface area contributed by atoms with E-state index in [1.54, 1.807) is 0 Å². The van der Waals surface area contributed by atoms with Gasteiger partial charge in [0.05, 0.1) is 11.7 Å². The lowest BCUT2D eigenvalue weighted by Gasteiger charge is -2.27. The van der Waals surface area contributed by atoms with E-state index in [0.29, 0.717) is 6.42 Å². The van der Waals surface area contributed by atoms with Crippen molar-refractivity contribution in [2.45, 2.75) is 57.9 Å². The first kappa shape index (κ1) is 15.5. The van der Waals surface area contributed by atoms with E-state index in [2.05, 4.69) is 10.1 Å². The first-order valence-electron chi connectivity index (χ1n) is 8.69. The van der Waals surface area contributed by atoms with Crippen molar-refractivity contribution in [1.29, 1.82) is 0 Å². The molecule has 0 spiro atoms. The molecule has 0 N–H and O–H groups in total. The molecule has 2 aliphatic heterocycles. The summed E-state index contributed by atoms with van der Waals surface area (Å²) in [5.41, 5.74) is 0.888. The van der Waals surface area contributed by atoms with Gasteiger partial charge in [-0.1, -0.05) is 11.6 Å². The van der Waals surface area contributed by atoms with Crippen molar-refractivity contribution in [2.24, 2.45) is 0 Å². The topological polar surface area (TPSA) is 49.6 Å². The standard InChI is InChI=1S/C17H27N3O2/c1-14-13-16(22-18-14)15-7-5-12-20(15)17(21)8-6-11-19-9-3-2-4-10-19/h13,15H,2-12H2,1H3/t15-/m1/s1. The molecule has 2 fully saturated rings. The van der Waals surface area contributed by atoms with Gasteiger partial charge in [-0.05, 0) is 58.7 Å². The molecule has 2 saturated heterocycles. The van der Waals surface area contributed by atoms with E-state index in [-0.39, 0.29) is 11.9 Å². The van der Waals surface area contributed by atoms with Gasteiger partial charge >= 0.3 is 0 Å². The zero-order valence-electron chi connectivity index (χ0n) is 13.6. The lowest BCUT2D eigenvalue weighted by Crippen LogP contribution is -2.33. The van der Waals surface area contributed by atoms with Crippen LogP contribution in [0.1, 0.15) is 62.4 Å². The van der Waals surface area contributed by atoms with Crippen molar-refractivity contribution in [3.63, 3.8) is 0 Å². The predicted molar refractivity (Wildman–Crippen MR) is 84.5 cm³/mol. The molecule has 3 rings (SSSR count). The summed E-state index contributed by atoms with van der Waals surface area (Å²) < 4.78 is 5.38. The molecule has 0 saturated carbocycles. The van der Waals surface area contributed by atoms with E-state index in [9.17, 15) is 4.79 Å². The van der Waals surface area contributed by atoms with Gasteiger partial charge in [0.15, 0.2) is 5.76 Å². The van der Waals surface area contributed by atoms with Crippen molar-refractivity contribution >= 4 is 5.91 Å². The summed E-state index contributed by atoms with van der Waals surface area (Å²) in [5, 5.41) is 3.96. The van der Waals surface area contributed by atoms with Crippen molar-refractivity contribution in [1.82, 2.24) is 15.0 Å². The lowest BCUT2D eigenvalue weighted by atomic mass is 10.1. The van der Waals surface area contributed by atoms with E-state index in [1.807, 2.05) is 17.9 Å². The Morgan fingerprint density at radius 2 is 2.09 bits per heavy atom. The van der Waals surface area contributed by atoms with Gasteiger partial charge in [-0.2, -0.15) is 0 Å². The second-order valence-corrected chi connectivity index (χ2v) is 6.62. The molecule has 5 heteroatoms. The van der Waals surface area contributed by atoms with Crippen molar-refractivity contribution in [3.05, 3.63) is 17.5 Å². The molecule has 0 aliphatic carbocycles. The summed E-state index contributed by atoms with van der Waals surface area (Å²) >= 11 is 0. The predicted octanol–water partition coefficient (Wildman–Crippen LogP) is 2.91. The highest BCUT2D eigenvalue weighted by Gasteiger charge is 2.32. The largest absolute Gasteiger partial charge is 0.359 e. The average Bonchev–Trinajstić information content (AvgIpc) is 3.16. The summed E-state index contributed by atoms with van der Waals surface area (Å²) in [6.45, 7) is 6.25. The number of hydrogen-bond donors (Lipinski definition) is 0. The minimum atomic E-state index is 0.101. The Morgan fingerprint density at radius 1 is 1.27 bits per heavy atom. The first-order chi connectivity index (χ1) is 10.7. The van der Waals surface area contributed by atoms with Gasteiger partial charge in [0, 0.05) is 19.0 Å². The van der Waals surface area contributed by atoms with Crippen LogP contribution in [-0.2, 0) is 4.79 Å². The van der Waals surface area contributed by atoms with Gasteiger partial charge in [-0.3, -0.25) is 4.79 Å². The third-order valence-electron chi connectivity index (χ3n) is 4.86. The Labute approximate surface area is 132 Å². The van der Waals surface area contributed by atoms with Gasteiger partial charge < -0.3 is 14.3 Å². The van der Waals surface area contributed by atoms with Gasteiger partial charge in [0.1, 0.15) is 0 Å². The molecule has 22 heavy (non-hydrogen) atoms. The normalized spacial score (nSPS) is 23.1. The summed E-state index contributed by atoms with van der Waals surface area (Å²) in [4.78, 5) is 17.0. The Balaban J connectivity index is 1.48. The van der Waals surface area contributed by atoms with Crippen LogP contribution in [0.5, 0.6) is 0 Å². The second-order valence-electron chi connectivity index (χ2n) is 6.62. The molecule has 1 aromatic rings. The quantitative estimate of drug-likeness (QED) is 0.839. The average molecular weight is 305 g/mol. The Bertz CT molecular complexity index is 494. The minimum Gasteiger partial charge on any atom is -0.359 e. The number of piperidine rings is 1. The maximum atomic E-state index is 12.5. The zero-order chi connectivity index (χ0) is 15.4. The first-order valence-corrected chi connectivity index (χ1v) is 8.69. The molecule has 1 atom stereocenters. The third-order valence-corrected chi connectivity index (χ3v) is 4.86. The molecule has 1 aromatic heterocycles. The fourth-order valence-corrected chi connectivity index (χ4v) is 3.68.